The highest BCUT2D eigenvalue weighted by Crippen LogP contribution is 2.17. The van der Waals surface area contributed by atoms with Crippen LogP contribution in [0, 0.1) is 6.92 Å². The third-order valence-electron chi connectivity index (χ3n) is 2.59. The van der Waals surface area contributed by atoms with E-state index in [1.165, 1.54) is 6.26 Å². The molecule has 0 fully saturated rings. The summed E-state index contributed by atoms with van der Waals surface area (Å²) in [6, 6.07) is 9.11. The SMILES string of the molecule is Cc1occc1C(=O)Nc1ccccc1CN. The van der Waals surface area contributed by atoms with Gasteiger partial charge in [-0.1, -0.05) is 18.2 Å². The van der Waals surface area contributed by atoms with Gasteiger partial charge >= 0.3 is 0 Å². The smallest absolute Gasteiger partial charge is 0.259 e. The van der Waals surface area contributed by atoms with Gasteiger partial charge < -0.3 is 15.5 Å². The molecule has 0 saturated heterocycles. The summed E-state index contributed by atoms with van der Waals surface area (Å²) in [6.07, 6.45) is 1.50. The second-order valence-electron chi connectivity index (χ2n) is 3.71. The molecule has 88 valence electrons. The van der Waals surface area contributed by atoms with E-state index < -0.39 is 0 Å². The molecule has 0 radical (unpaired) electrons. The molecule has 1 aromatic heterocycles. The fraction of sp³-hybridized carbons (Fsp3) is 0.154. The summed E-state index contributed by atoms with van der Waals surface area (Å²) in [6.45, 7) is 2.14. The van der Waals surface area contributed by atoms with Crippen molar-refractivity contribution < 1.29 is 9.21 Å². The number of aryl methyl sites for hydroxylation is 1. The Morgan fingerprint density at radius 1 is 1.35 bits per heavy atom. The van der Waals surface area contributed by atoms with Crippen LogP contribution in [-0.4, -0.2) is 5.91 Å². The Bertz CT molecular complexity index is 532. The van der Waals surface area contributed by atoms with Crippen LogP contribution in [0.3, 0.4) is 0 Å². The van der Waals surface area contributed by atoms with Gasteiger partial charge in [-0.2, -0.15) is 0 Å². The van der Waals surface area contributed by atoms with Crippen molar-refractivity contribution in [3.05, 3.63) is 53.5 Å². The van der Waals surface area contributed by atoms with Crippen LogP contribution in [0.4, 0.5) is 5.69 Å². The molecule has 2 rings (SSSR count). The van der Waals surface area contributed by atoms with Crippen LogP contribution >= 0.6 is 0 Å². The van der Waals surface area contributed by atoms with E-state index in [0.717, 1.165) is 11.3 Å². The predicted molar refractivity (Wildman–Crippen MR) is 65.7 cm³/mol. The van der Waals surface area contributed by atoms with E-state index in [1.807, 2.05) is 24.3 Å². The predicted octanol–water partition coefficient (Wildman–Crippen LogP) is 2.30. The summed E-state index contributed by atoms with van der Waals surface area (Å²) in [4.78, 5) is 12.0. The van der Waals surface area contributed by atoms with Gasteiger partial charge in [-0.05, 0) is 24.6 Å². The first-order valence-corrected chi connectivity index (χ1v) is 5.36. The molecule has 0 aliphatic rings. The number of nitrogens with two attached hydrogens (primary N) is 1. The third kappa shape index (κ3) is 2.37. The zero-order valence-electron chi connectivity index (χ0n) is 9.57. The van der Waals surface area contributed by atoms with Gasteiger partial charge in [-0.15, -0.1) is 0 Å². The van der Waals surface area contributed by atoms with E-state index in [2.05, 4.69) is 5.32 Å². The average molecular weight is 230 g/mol. The van der Waals surface area contributed by atoms with Gasteiger partial charge in [0, 0.05) is 12.2 Å². The first-order chi connectivity index (χ1) is 8.22. The molecule has 2 aromatic rings. The van der Waals surface area contributed by atoms with Crippen molar-refractivity contribution in [3.8, 4) is 0 Å². The highest BCUT2D eigenvalue weighted by molar-refractivity contribution is 6.05. The molecule has 0 bridgehead atoms. The maximum absolute atomic E-state index is 12.0. The number of carbonyl (C=O) groups is 1. The van der Waals surface area contributed by atoms with Crippen LogP contribution in [0.1, 0.15) is 21.7 Å². The number of benzene rings is 1. The first-order valence-electron chi connectivity index (χ1n) is 5.36. The average Bonchev–Trinajstić information content (AvgIpc) is 2.76. The Kier molecular flexibility index (Phi) is 3.25. The minimum Gasteiger partial charge on any atom is -0.469 e. The zero-order valence-corrected chi connectivity index (χ0v) is 9.57. The molecule has 1 heterocycles. The Hall–Kier alpha value is -2.07. The fourth-order valence-corrected chi connectivity index (χ4v) is 1.63. The highest BCUT2D eigenvalue weighted by Gasteiger charge is 2.12. The quantitative estimate of drug-likeness (QED) is 0.850. The largest absolute Gasteiger partial charge is 0.469 e. The van der Waals surface area contributed by atoms with Gasteiger partial charge in [0.2, 0.25) is 0 Å². The van der Waals surface area contributed by atoms with Crippen molar-refractivity contribution >= 4 is 11.6 Å². The van der Waals surface area contributed by atoms with Gasteiger partial charge in [-0.3, -0.25) is 4.79 Å². The molecule has 0 atom stereocenters. The molecule has 3 N–H and O–H groups in total. The van der Waals surface area contributed by atoms with Gasteiger partial charge in [0.15, 0.2) is 0 Å². The lowest BCUT2D eigenvalue weighted by Crippen LogP contribution is -2.14. The molecule has 4 heteroatoms. The van der Waals surface area contributed by atoms with Gasteiger partial charge in [0.25, 0.3) is 5.91 Å². The summed E-state index contributed by atoms with van der Waals surface area (Å²) < 4.78 is 5.09. The normalized spacial score (nSPS) is 10.2. The monoisotopic (exact) mass is 230 g/mol. The summed E-state index contributed by atoms with van der Waals surface area (Å²) in [7, 11) is 0. The summed E-state index contributed by atoms with van der Waals surface area (Å²) >= 11 is 0. The molecule has 0 saturated carbocycles. The van der Waals surface area contributed by atoms with Crippen LogP contribution in [0.25, 0.3) is 0 Å². The van der Waals surface area contributed by atoms with Crippen molar-refractivity contribution in [2.24, 2.45) is 5.73 Å². The van der Waals surface area contributed by atoms with E-state index >= 15 is 0 Å². The van der Waals surface area contributed by atoms with E-state index in [-0.39, 0.29) is 5.91 Å². The van der Waals surface area contributed by atoms with E-state index in [9.17, 15) is 4.79 Å². The number of nitrogens with one attached hydrogen (secondary N) is 1. The van der Waals surface area contributed by atoms with Gasteiger partial charge in [-0.25, -0.2) is 0 Å². The Balaban J connectivity index is 2.22. The number of hydrogen-bond acceptors (Lipinski definition) is 3. The van der Waals surface area contributed by atoms with Crippen molar-refractivity contribution in [3.63, 3.8) is 0 Å². The molecular weight excluding hydrogens is 216 g/mol. The molecule has 1 aromatic carbocycles. The number of carbonyl (C=O) groups excluding carboxylic acids is 1. The zero-order chi connectivity index (χ0) is 12.3. The van der Waals surface area contributed by atoms with Crippen LogP contribution in [-0.2, 0) is 6.54 Å². The van der Waals surface area contributed by atoms with Crippen molar-refractivity contribution in [2.45, 2.75) is 13.5 Å². The lowest BCUT2D eigenvalue weighted by molar-refractivity contribution is 0.102. The number of anilines is 1. The number of hydrogen-bond donors (Lipinski definition) is 2. The highest BCUT2D eigenvalue weighted by atomic mass is 16.3. The number of furan rings is 1. The third-order valence-corrected chi connectivity index (χ3v) is 2.59. The first kappa shape index (κ1) is 11.4. The Labute approximate surface area is 99.4 Å². The second kappa shape index (κ2) is 4.84. The van der Waals surface area contributed by atoms with Crippen LogP contribution in [0.15, 0.2) is 41.0 Å². The second-order valence-corrected chi connectivity index (χ2v) is 3.71. The molecule has 17 heavy (non-hydrogen) atoms. The lowest BCUT2D eigenvalue weighted by Gasteiger charge is -2.08. The maximum atomic E-state index is 12.0. The Morgan fingerprint density at radius 2 is 2.12 bits per heavy atom. The number of para-hydroxylation sites is 1. The van der Waals surface area contributed by atoms with Crippen molar-refractivity contribution in [1.29, 1.82) is 0 Å². The minimum atomic E-state index is -0.183. The molecule has 4 nitrogen and oxygen atoms in total. The summed E-state index contributed by atoms with van der Waals surface area (Å²) in [5.41, 5.74) is 7.79. The van der Waals surface area contributed by atoms with E-state index in [4.69, 9.17) is 10.2 Å². The van der Waals surface area contributed by atoms with Crippen LogP contribution in [0.2, 0.25) is 0 Å². The minimum absolute atomic E-state index is 0.183. The molecule has 0 spiro atoms. The standard InChI is InChI=1S/C13H14N2O2/c1-9-11(6-7-17-9)13(16)15-12-5-3-2-4-10(12)8-14/h2-7H,8,14H2,1H3,(H,15,16). The van der Waals surface area contributed by atoms with Crippen molar-refractivity contribution in [2.75, 3.05) is 5.32 Å². The van der Waals surface area contributed by atoms with Crippen LogP contribution in [0.5, 0.6) is 0 Å². The van der Waals surface area contributed by atoms with Crippen LogP contribution < -0.4 is 11.1 Å². The van der Waals surface area contributed by atoms with E-state index in [0.29, 0.717) is 17.9 Å². The van der Waals surface area contributed by atoms with Gasteiger partial charge in [0.05, 0.1) is 11.8 Å². The number of rotatable bonds is 3. The lowest BCUT2D eigenvalue weighted by atomic mass is 10.1. The molecule has 0 aliphatic heterocycles. The topological polar surface area (TPSA) is 68.3 Å². The van der Waals surface area contributed by atoms with Gasteiger partial charge in [0.1, 0.15) is 5.76 Å². The molecule has 1 amide bonds. The van der Waals surface area contributed by atoms with E-state index in [1.54, 1.807) is 13.0 Å². The molecule has 0 aliphatic carbocycles. The molecule has 0 unspecified atom stereocenters. The molecular formula is C13H14N2O2. The summed E-state index contributed by atoms with van der Waals surface area (Å²) in [5, 5.41) is 2.83. The number of amides is 1. The maximum Gasteiger partial charge on any atom is 0.259 e. The summed E-state index contributed by atoms with van der Waals surface area (Å²) in [5.74, 6) is 0.421. The fourth-order valence-electron chi connectivity index (χ4n) is 1.63. The van der Waals surface area contributed by atoms with Crippen molar-refractivity contribution in [1.82, 2.24) is 0 Å². The Morgan fingerprint density at radius 3 is 2.76 bits per heavy atom.